The first-order valence-corrected chi connectivity index (χ1v) is 18.1. The van der Waals surface area contributed by atoms with E-state index in [4.69, 9.17) is 25.8 Å². The lowest BCUT2D eigenvalue weighted by molar-refractivity contribution is -0.0587. The van der Waals surface area contributed by atoms with E-state index in [-0.39, 0.29) is 17.5 Å². The Labute approximate surface area is 281 Å². The van der Waals surface area contributed by atoms with E-state index in [9.17, 15) is 4.79 Å². The number of ether oxygens (including phenoxy) is 3. The molecular formula is C37H44ClN3O4S. The lowest BCUT2D eigenvalue weighted by Crippen LogP contribution is -2.51. The lowest BCUT2D eigenvalue weighted by Gasteiger charge is -2.48. The number of aromatic nitrogens is 2. The maximum absolute atomic E-state index is 12.6. The molecule has 0 N–H and O–H groups in total. The molecular weight excluding hydrogens is 618 g/mol. The summed E-state index contributed by atoms with van der Waals surface area (Å²) >= 11 is 8.29. The van der Waals surface area contributed by atoms with Crippen molar-refractivity contribution < 1.29 is 19.0 Å². The minimum atomic E-state index is -0.328. The molecule has 0 amide bonds. The molecule has 3 aromatic rings. The van der Waals surface area contributed by atoms with E-state index in [1.807, 2.05) is 61.6 Å². The molecule has 7 nitrogen and oxygen atoms in total. The zero-order valence-corrected chi connectivity index (χ0v) is 28.4. The topological polar surface area (TPSA) is 73.8 Å². The van der Waals surface area contributed by atoms with Crippen LogP contribution in [0.4, 0.5) is 5.69 Å². The van der Waals surface area contributed by atoms with Crippen LogP contribution in [0.5, 0.6) is 5.75 Å². The van der Waals surface area contributed by atoms with Crippen molar-refractivity contribution in [2.75, 3.05) is 38.8 Å². The van der Waals surface area contributed by atoms with Crippen molar-refractivity contribution in [3.63, 3.8) is 0 Å². The Morgan fingerprint density at radius 2 is 1.98 bits per heavy atom. The number of rotatable bonds is 8. The first-order valence-electron chi connectivity index (χ1n) is 16.8. The van der Waals surface area contributed by atoms with Crippen molar-refractivity contribution in [2.24, 2.45) is 17.8 Å². The fraction of sp³-hybridized carbons (Fsp3) is 0.541. The van der Waals surface area contributed by atoms with Crippen molar-refractivity contribution >= 4 is 35.0 Å². The summed E-state index contributed by atoms with van der Waals surface area (Å²) in [5, 5.41) is 2.18. The molecule has 1 spiro atoms. The quantitative estimate of drug-likeness (QED) is 0.179. The van der Waals surface area contributed by atoms with Crippen molar-refractivity contribution in [2.45, 2.75) is 79.7 Å². The Morgan fingerprint density at radius 1 is 1.11 bits per heavy atom. The number of carbonyl (C=O) groups excluding carboxylic acids is 1. The molecule has 7 rings (SSSR count). The summed E-state index contributed by atoms with van der Waals surface area (Å²) in [6.45, 7) is 2.34. The highest BCUT2D eigenvalue weighted by Crippen LogP contribution is 2.49. The second kappa shape index (κ2) is 13.7. The molecule has 2 saturated carbocycles. The van der Waals surface area contributed by atoms with Gasteiger partial charge in [-0.2, -0.15) is 0 Å². The van der Waals surface area contributed by atoms with Crippen LogP contribution >= 0.6 is 23.4 Å². The number of carbonyl (C=O) groups is 1. The van der Waals surface area contributed by atoms with E-state index in [0.29, 0.717) is 35.2 Å². The van der Waals surface area contributed by atoms with E-state index in [0.717, 1.165) is 60.4 Å². The largest absolute Gasteiger partial charge is 0.490 e. The minimum Gasteiger partial charge on any atom is -0.490 e. The van der Waals surface area contributed by atoms with Crippen LogP contribution in [-0.4, -0.2) is 61.2 Å². The highest BCUT2D eigenvalue weighted by molar-refractivity contribution is 7.99. The third-order valence-corrected chi connectivity index (χ3v) is 12.4. The predicted molar refractivity (Wildman–Crippen MR) is 182 cm³/mol. The summed E-state index contributed by atoms with van der Waals surface area (Å²) in [5.74, 6) is 2.02. The van der Waals surface area contributed by atoms with Crippen LogP contribution in [-0.2, 0) is 21.3 Å². The Bertz CT molecular complexity index is 1540. The van der Waals surface area contributed by atoms with E-state index in [2.05, 4.69) is 27.0 Å². The Kier molecular flexibility index (Phi) is 9.49. The van der Waals surface area contributed by atoms with Gasteiger partial charge >= 0.3 is 5.97 Å². The predicted octanol–water partition coefficient (Wildman–Crippen LogP) is 7.78. The van der Waals surface area contributed by atoms with Gasteiger partial charge in [-0.05, 0) is 117 Å². The van der Waals surface area contributed by atoms with Crippen molar-refractivity contribution in [3.8, 4) is 5.75 Å². The average molecular weight is 662 g/mol. The van der Waals surface area contributed by atoms with Gasteiger partial charge in [0.15, 0.2) is 5.16 Å². The summed E-state index contributed by atoms with van der Waals surface area (Å²) in [7, 11) is 3.35. The number of halogens is 1. The second-order valence-corrected chi connectivity index (χ2v) is 15.4. The molecule has 0 radical (unpaired) electrons. The first kappa shape index (κ1) is 31.8. The number of nitrogens with zero attached hydrogens (tertiary/aromatic N) is 3. The third kappa shape index (κ3) is 6.37. The molecule has 2 fully saturated rings. The van der Waals surface area contributed by atoms with E-state index < -0.39 is 0 Å². The Balaban J connectivity index is 1.15. The van der Waals surface area contributed by atoms with Gasteiger partial charge in [0.1, 0.15) is 5.75 Å². The molecule has 46 heavy (non-hydrogen) atoms. The maximum atomic E-state index is 12.6. The number of thioether (sulfide) groups is 1. The molecule has 1 aliphatic heterocycles. The summed E-state index contributed by atoms with van der Waals surface area (Å²) in [4.78, 5) is 24.1. The monoisotopic (exact) mass is 661 g/mol. The minimum absolute atomic E-state index is 0.157. The molecule has 1 aromatic heterocycles. The fourth-order valence-corrected chi connectivity index (χ4v) is 10.1. The number of aryl methyl sites for hydroxylation is 1. The summed E-state index contributed by atoms with van der Waals surface area (Å²) < 4.78 is 18.1. The molecule has 0 bridgehead atoms. The highest BCUT2D eigenvalue weighted by atomic mass is 35.5. The standard InChI is InChI=1S/C37H44ClN3O4S/c1-43-34(25-6-3-8-29(19-25)46-36-39-16-5-17-40-36)30-12-9-27(30)21-41-22-37(15-4-7-24-18-28(38)11-13-31(24)37)23-45-33-14-10-26(20-32(33)41)35(42)44-2/h5,10-11,13-14,16-18,20,25,27,29-30,34H,3-4,6-9,12,15,19,21-23H2,1-2H3/t25-,27+,29-,30-,34+,37+/m1/s1. The molecule has 4 aliphatic rings. The molecule has 0 saturated heterocycles. The van der Waals surface area contributed by atoms with Crippen LogP contribution in [0.25, 0.3) is 0 Å². The van der Waals surface area contributed by atoms with Gasteiger partial charge < -0.3 is 19.1 Å². The summed E-state index contributed by atoms with van der Waals surface area (Å²) in [6, 6.07) is 14.0. The lowest BCUT2D eigenvalue weighted by atomic mass is 9.65. The zero-order chi connectivity index (χ0) is 31.7. The number of methoxy groups -OCH3 is 2. The van der Waals surface area contributed by atoms with Gasteiger partial charge in [0.25, 0.3) is 0 Å². The van der Waals surface area contributed by atoms with Crippen LogP contribution < -0.4 is 9.64 Å². The van der Waals surface area contributed by atoms with E-state index in [1.54, 1.807) is 0 Å². The van der Waals surface area contributed by atoms with Crippen LogP contribution in [0.1, 0.15) is 72.9 Å². The summed E-state index contributed by atoms with van der Waals surface area (Å²) in [6.07, 6.45) is 14.2. The number of hydrogen-bond donors (Lipinski definition) is 0. The van der Waals surface area contributed by atoms with Crippen molar-refractivity contribution in [3.05, 3.63) is 76.6 Å². The highest BCUT2D eigenvalue weighted by Gasteiger charge is 2.46. The number of anilines is 1. The molecule has 2 heterocycles. The summed E-state index contributed by atoms with van der Waals surface area (Å²) in [5.41, 5.74) is 4.06. The maximum Gasteiger partial charge on any atom is 0.337 e. The van der Waals surface area contributed by atoms with E-state index in [1.165, 1.54) is 50.3 Å². The number of benzene rings is 2. The fourth-order valence-electron chi connectivity index (χ4n) is 8.69. The van der Waals surface area contributed by atoms with Gasteiger partial charge in [0.2, 0.25) is 0 Å². The van der Waals surface area contributed by atoms with Gasteiger partial charge in [-0.15, -0.1) is 0 Å². The second-order valence-electron chi connectivity index (χ2n) is 13.7. The van der Waals surface area contributed by atoms with Gasteiger partial charge in [-0.1, -0.05) is 35.9 Å². The zero-order valence-electron chi connectivity index (χ0n) is 26.8. The van der Waals surface area contributed by atoms with E-state index >= 15 is 0 Å². The Morgan fingerprint density at radius 3 is 2.76 bits per heavy atom. The molecule has 9 heteroatoms. The number of hydrogen-bond acceptors (Lipinski definition) is 8. The molecule has 3 aliphatic carbocycles. The van der Waals surface area contributed by atoms with Crippen LogP contribution in [0, 0.1) is 17.8 Å². The van der Waals surface area contributed by atoms with Crippen LogP contribution in [0.2, 0.25) is 5.02 Å². The van der Waals surface area contributed by atoms with Crippen molar-refractivity contribution in [1.82, 2.24) is 9.97 Å². The average Bonchev–Trinajstić information content (AvgIpc) is 3.22. The van der Waals surface area contributed by atoms with Gasteiger partial charge in [-0.25, -0.2) is 14.8 Å². The van der Waals surface area contributed by atoms with Crippen LogP contribution in [0.3, 0.4) is 0 Å². The number of fused-ring (bicyclic) bond motifs is 3. The first-order chi connectivity index (χ1) is 22.5. The molecule has 6 atom stereocenters. The smallest absolute Gasteiger partial charge is 0.337 e. The van der Waals surface area contributed by atoms with Crippen LogP contribution in [0.15, 0.2) is 60.0 Å². The third-order valence-electron chi connectivity index (χ3n) is 11.0. The number of esters is 1. The van der Waals surface area contributed by atoms with Gasteiger partial charge in [-0.3, -0.25) is 0 Å². The molecule has 0 unspecified atom stereocenters. The van der Waals surface area contributed by atoms with Gasteiger partial charge in [0, 0.05) is 48.3 Å². The normalized spacial score (nSPS) is 27.8. The Hall–Kier alpha value is -2.81. The van der Waals surface area contributed by atoms with Crippen molar-refractivity contribution in [1.29, 1.82) is 0 Å². The SMILES string of the molecule is COC(=O)c1ccc2c(c1)N(C[C@@H]1CC[C@H]1[C@@H](OC)[C@@H]1CCC[C@@H](Sc3ncccn3)C1)C[C@@]1(CCCc3cc(Cl)ccc31)CO2. The van der Waals surface area contributed by atoms with Gasteiger partial charge in [0.05, 0.1) is 31.1 Å². The molecule has 244 valence electrons. The molecule has 2 aromatic carbocycles.